The summed E-state index contributed by atoms with van der Waals surface area (Å²) in [6, 6.07) is 7.61. The first kappa shape index (κ1) is 15.9. The lowest BCUT2D eigenvalue weighted by atomic mass is 10.2. The second kappa shape index (κ2) is 6.98. The number of benzene rings is 1. The highest BCUT2D eigenvalue weighted by Crippen LogP contribution is 2.29. The van der Waals surface area contributed by atoms with Crippen LogP contribution in [0.15, 0.2) is 32.1 Å². The Morgan fingerprint density at radius 1 is 1.45 bits per heavy atom. The Hall–Kier alpha value is -2.50. The van der Waals surface area contributed by atoms with E-state index < -0.39 is 0 Å². The Bertz CT molecular complexity index is 807. The second-order valence-electron chi connectivity index (χ2n) is 4.51. The summed E-state index contributed by atoms with van der Waals surface area (Å²) in [5.41, 5.74) is 1.97. The number of halogens is 1. The van der Waals surface area contributed by atoms with Gasteiger partial charge in [-0.2, -0.15) is 5.26 Å². The smallest absolute Gasteiger partial charge is 0.237 e. The Labute approximate surface area is 137 Å². The number of aryl methyl sites for hydroxylation is 1. The fraction of sp³-hybridized carbons (Fsp3) is 0.176. The van der Waals surface area contributed by atoms with Gasteiger partial charge in [0.1, 0.15) is 29.7 Å². The number of hydrogen-bond acceptors (Lipinski definition) is 4. The molecule has 22 heavy (non-hydrogen) atoms. The van der Waals surface area contributed by atoms with Crippen molar-refractivity contribution in [2.75, 3.05) is 6.61 Å². The minimum absolute atomic E-state index is 0.172. The summed E-state index contributed by atoms with van der Waals surface area (Å²) >= 11 is 3.40. The van der Waals surface area contributed by atoms with E-state index in [0.29, 0.717) is 23.0 Å². The molecule has 0 aliphatic carbocycles. The third-order valence-corrected chi connectivity index (χ3v) is 3.58. The van der Waals surface area contributed by atoms with Gasteiger partial charge in [-0.25, -0.2) is 4.99 Å². The third kappa shape index (κ3) is 3.39. The van der Waals surface area contributed by atoms with Crippen molar-refractivity contribution in [3.05, 3.63) is 45.1 Å². The summed E-state index contributed by atoms with van der Waals surface area (Å²) in [6.07, 6.45) is 6.80. The number of nitriles is 1. The molecule has 0 saturated carbocycles. The number of rotatable bonds is 4. The van der Waals surface area contributed by atoms with Gasteiger partial charge in [-0.1, -0.05) is 21.9 Å². The van der Waals surface area contributed by atoms with Crippen LogP contribution in [0.4, 0.5) is 5.88 Å². The van der Waals surface area contributed by atoms with Crippen LogP contribution >= 0.6 is 15.9 Å². The van der Waals surface area contributed by atoms with Crippen LogP contribution in [0.3, 0.4) is 0 Å². The molecule has 2 aromatic rings. The van der Waals surface area contributed by atoms with E-state index in [9.17, 15) is 5.26 Å². The number of furan rings is 1. The number of terminal acetylenes is 1. The first-order valence-electron chi connectivity index (χ1n) is 6.46. The fourth-order valence-corrected chi connectivity index (χ4v) is 2.21. The second-order valence-corrected chi connectivity index (χ2v) is 5.42. The van der Waals surface area contributed by atoms with E-state index >= 15 is 0 Å². The molecule has 0 N–H and O–H groups in total. The van der Waals surface area contributed by atoms with E-state index in [1.807, 2.05) is 19.1 Å². The van der Waals surface area contributed by atoms with Crippen LogP contribution in [0.25, 0.3) is 0 Å². The minimum Gasteiger partial charge on any atom is -0.480 e. The van der Waals surface area contributed by atoms with Gasteiger partial charge in [-0.3, -0.25) is 0 Å². The summed E-state index contributed by atoms with van der Waals surface area (Å²) in [5.74, 6) is 4.01. The average molecular weight is 357 g/mol. The fourth-order valence-electron chi connectivity index (χ4n) is 1.83. The molecule has 0 radical (unpaired) electrons. The lowest BCUT2D eigenvalue weighted by Gasteiger charge is -2.06. The zero-order chi connectivity index (χ0) is 16.1. The molecule has 0 aliphatic rings. The van der Waals surface area contributed by atoms with Gasteiger partial charge in [0.25, 0.3) is 0 Å². The van der Waals surface area contributed by atoms with Gasteiger partial charge in [0.2, 0.25) is 5.88 Å². The Balaban J connectivity index is 2.38. The Morgan fingerprint density at radius 3 is 2.91 bits per heavy atom. The SMILES string of the molecule is C#CCOc1ccc(Br)cc1/C=N/c1oc(C)c(C)c1C#N. The van der Waals surface area contributed by atoms with Gasteiger partial charge in [-0.15, -0.1) is 6.42 Å². The number of ether oxygens (including phenoxy) is 1. The summed E-state index contributed by atoms with van der Waals surface area (Å²) in [5, 5.41) is 9.19. The topological polar surface area (TPSA) is 58.5 Å². The van der Waals surface area contributed by atoms with Crippen LogP contribution in [-0.4, -0.2) is 12.8 Å². The highest BCUT2D eigenvalue weighted by Gasteiger charge is 2.13. The quantitative estimate of drug-likeness (QED) is 0.606. The first-order chi connectivity index (χ1) is 10.6. The maximum atomic E-state index is 9.19. The summed E-state index contributed by atoms with van der Waals surface area (Å²) in [6.45, 7) is 3.80. The molecule has 0 bridgehead atoms. The molecule has 0 saturated heterocycles. The van der Waals surface area contributed by atoms with E-state index in [0.717, 1.165) is 15.6 Å². The molecular formula is C17H13BrN2O2. The monoisotopic (exact) mass is 356 g/mol. The standard InChI is InChI=1S/C17H13BrN2O2/c1-4-7-21-16-6-5-14(18)8-13(16)10-20-17-15(9-19)11(2)12(3)22-17/h1,5-6,8,10H,7H2,2-3H3/b20-10+. The van der Waals surface area contributed by atoms with Crippen molar-refractivity contribution < 1.29 is 9.15 Å². The molecule has 2 rings (SSSR count). The maximum Gasteiger partial charge on any atom is 0.237 e. The van der Waals surface area contributed by atoms with Crippen LogP contribution < -0.4 is 4.74 Å². The highest BCUT2D eigenvalue weighted by molar-refractivity contribution is 9.10. The van der Waals surface area contributed by atoms with Crippen LogP contribution in [0.1, 0.15) is 22.5 Å². The predicted octanol–water partition coefficient (Wildman–Crippen LogP) is 4.29. The zero-order valence-corrected chi connectivity index (χ0v) is 13.8. The van der Waals surface area contributed by atoms with Crippen LogP contribution in [0, 0.1) is 37.5 Å². The molecule has 110 valence electrons. The van der Waals surface area contributed by atoms with Crippen molar-refractivity contribution in [1.82, 2.24) is 0 Å². The summed E-state index contributed by atoms with van der Waals surface area (Å²) < 4.78 is 11.9. The highest BCUT2D eigenvalue weighted by atomic mass is 79.9. The Kier molecular flexibility index (Phi) is 5.04. The van der Waals surface area contributed by atoms with Crippen molar-refractivity contribution in [3.63, 3.8) is 0 Å². The molecule has 5 heteroatoms. The number of aliphatic imine (C=N–C) groups is 1. The van der Waals surface area contributed by atoms with Crippen molar-refractivity contribution in [2.24, 2.45) is 4.99 Å². The molecule has 0 spiro atoms. The van der Waals surface area contributed by atoms with E-state index in [-0.39, 0.29) is 6.61 Å². The van der Waals surface area contributed by atoms with Gasteiger partial charge in [-0.05, 0) is 32.0 Å². The molecule has 4 nitrogen and oxygen atoms in total. The van der Waals surface area contributed by atoms with Crippen molar-refractivity contribution in [3.8, 4) is 24.2 Å². The largest absolute Gasteiger partial charge is 0.480 e. The van der Waals surface area contributed by atoms with E-state index in [2.05, 4.69) is 32.9 Å². The predicted molar refractivity (Wildman–Crippen MR) is 88.6 cm³/mol. The average Bonchev–Trinajstić information content (AvgIpc) is 2.78. The molecule has 1 aromatic carbocycles. The molecule has 0 fully saturated rings. The van der Waals surface area contributed by atoms with Crippen LogP contribution in [0.2, 0.25) is 0 Å². The summed E-state index contributed by atoms with van der Waals surface area (Å²) in [7, 11) is 0. The van der Waals surface area contributed by atoms with E-state index in [1.54, 1.807) is 19.2 Å². The van der Waals surface area contributed by atoms with Crippen LogP contribution in [0.5, 0.6) is 5.75 Å². The minimum atomic E-state index is 0.172. The molecule has 0 amide bonds. The van der Waals surface area contributed by atoms with Crippen molar-refractivity contribution >= 4 is 28.0 Å². The summed E-state index contributed by atoms with van der Waals surface area (Å²) in [4.78, 5) is 4.27. The van der Waals surface area contributed by atoms with Crippen LogP contribution in [-0.2, 0) is 0 Å². The van der Waals surface area contributed by atoms with Gasteiger partial charge < -0.3 is 9.15 Å². The normalized spacial score (nSPS) is 10.4. The number of hydrogen-bond donors (Lipinski definition) is 0. The molecular weight excluding hydrogens is 344 g/mol. The molecule has 1 heterocycles. The lowest BCUT2D eigenvalue weighted by Crippen LogP contribution is -1.97. The lowest BCUT2D eigenvalue weighted by molar-refractivity contribution is 0.370. The molecule has 0 aliphatic heterocycles. The van der Waals surface area contributed by atoms with Crippen molar-refractivity contribution in [1.29, 1.82) is 5.26 Å². The first-order valence-corrected chi connectivity index (χ1v) is 7.26. The zero-order valence-electron chi connectivity index (χ0n) is 12.2. The molecule has 0 atom stereocenters. The van der Waals surface area contributed by atoms with Crippen molar-refractivity contribution in [2.45, 2.75) is 13.8 Å². The van der Waals surface area contributed by atoms with E-state index in [1.165, 1.54) is 0 Å². The number of nitrogens with zero attached hydrogens (tertiary/aromatic N) is 2. The Morgan fingerprint density at radius 2 is 2.23 bits per heavy atom. The maximum absolute atomic E-state index is 9.19. The van der Waals surface area contributed by atoms with Gasteiger partial charge in [0.15, 0.2) is 0 Å². The van der Waals surface area contributed by atoms with Gasteiger partial charge in [0, 0.05) is 21.8 Å². The van der Waals surface area contributed by atoms with E-state index in [4.69, 9.17) is 15.6 Å². The third-order valence-electron chi connectivity index (χ3n) is 3.08. The van der Waals surface area contributed by atoms with Gasteiger partial charge >= 0.3 is 0 Å². The molecule has 0 unspecified atom stereocenters. The molecule has 1 aromatic heterocycles. The van der Waals surface area contributed by atoms with Gasteiger partial charge in [0.05, 0.1) is 0 Å².